The summed E-state index contributed by atoms with van der Waals surface area (Å²) in [5.74, 6) is 0.382. The first kappa shape index (κ1) is 37.4. The Morgan fingerprint density at radius 3 is 2.65 bits per heavy atom. The fourth-order valence-corrected chi connectivity index (χ4v) is 7.28. The number of fused-ring (bicyclic) bond motifs is 1. The summed E-state index contributed by atoms with van der Waals surface area (Å²) < 4.78 is 34.9. The molecule has 0 saturated carbocycles. The molecule has 6 rings (SSSR count). The first-order valence-corrected chi connectivity index (χ1v) is 18.6. The Labute approximate surface area is 305 Å². The summed E-state index contributed by atoms with van der Waals surface area (Å²) in [7, 11) is 3.57. The third-order valence-corrected chi connectivity index (χ3v) is 10.5. The van der Waals surface area contributed by atoms with E-state index >= 15 is 0 Å². The number of ether oxygens (including phenoxy) is 1. The normalized spacial score (nSPS) is 18.2. The second kappa shape index (κ2) is 16.6. The van der Waals surface area contributed by atoms with Gasteiger partial charge in [0.25, 0.3) is 0 Å². The molecule has 4 aromatic rings. The van der Waals surface area contributed by atoms with Crippen molar-refractivity contribution in [2.75, 3.05) is 71.5 Å². The molecule has 52 heavy (non-hydrogen) atoms. The number of aliphatic hydroxyl groups excluding tert-OH is 1. The molecule has 5 heterocycles. The summed E-state index contributed by atoms with van der Waals surface area (Å²) in [5, 5.41) is 23.2. The van der Waals surface area contributed by atoms with Crippen molar-refractivity contribution in [3.05, 3.63) is 54.6 Å². The SMILES string of the molecule is CSc1ccc(OC(F)F)c(-c2nn(CC(=O)N3CCC(CN4CCN(CC(=O)N(C)C)C[C@@H]4C)CC3)cc2NC(O)c2cnn3cccnc23)c1. The molecule has 2 saturated heterocycles. The Morgan fingerprint density at radius 2 is 1.94 bits per heavy atom. The van der Waals surface area contributed by atoms with Gasteiger partial charge in [0.2, 0.25) is 11.8 Å². The highest BCUT2D eigenvalue weighted by molar-refractivity contribution is 7.98. The van der Waals surface area contributed by atoms with Gasteiger partial charge in [-0.15, -0.1) is 11.8 Å². The molecule has 2 fully saturated rings. The van der Waals surface area contributed by atoms with Crippen molar-refractivity contribution < 1.29 is 28.2 Å². The number of piperidine rings is 1. The fourth-order valence-electron chi connectivity index (χ4n) is 6.84. The molecule has 0 bridgehead atoms. The molecular formula is C35H46F2N10O4S. The minimum Gasteiger partial charge on any atom is -0.434 e. The zero-order valence-electron chi connectivity index (χ0n) is 29.9. The van der Waals surface area contributed by atoms with Gasteiger partial charge in [0.05, 0.1) is 24.0 Å². The zero-order chi connectivity index (χ0) is 36.9. The molecule has 14 nitrogen and oxygen atoms in total. The number of nitrogens with one attached hydrogen (secondary N) is 1. The summed E-state index contributed by atoms with van der Waals surface area (Å²) in [6.45, 7) is 4.32. The van der Waals surface area contributed by atoms with E-state index in [1.165, 1.54) is 33.2 Å². The Hall–Kier alpha value is -4.32. The largest absolute Gasteiger partial charge is 0.434 e. The number of anilines is 1. The lowest BCUT2D eigenvalue weighted by Crippen LogP contribution is -2.55. The van der Waals surface area contributed by atoms with Crippen molar-refractivity contribution in [1.82, 2.24) is 44.0 Å². The summed E-state index contributed by atoms with van der Waals surface area (Å²) in [6, 6.07) is 6.89. The van der Waals surface area contributed by atoms with Crippen LogP contribution in [0.15, 0.2) is 53.9 Å². The number of nitrogens with zero attached hydrogens (tertiary/aromatic N) is 9. The number of aliphatic hydroxyl groups is 1. The number of aromatic nitrogens is 5. The average Bonchev–Trinajstić information content (AvgIpc) is 3.73. The van der Waals surface area contributed by atoms with Gasteiger partial charge in [-0.3, -0.25) is 24.1 Å². The van der Waals surface area contributed by atoms with E-state index < -0.39 is 12.8 Å². The van der Waals surface area contributed by atoms with Crippen LogP contribution in [0.3, 0.4) is 0 Å². The second-order valence-corrected chi connectivity index (χ2v) is 14.4. The Balaban J connectivity index is 1.14. The predicted octanol–water partition coefficient (Wildman–Crippen LogP) is 3.35. The van der Waals surface area contributed by atoms with Crippen LogP contribution in [0.25, 0.3) is 16.9 Å². The van der Waals surface area contributed by atoms with Gasteiger partial charge in [0.15, 0.2) is 11.9 Å². The molecule has 17 heteroatoms. The topological polar surface area (TPSA) is 137 Å². The van der Waals surface area contributed by atoms with E-state index in [1.54, 1.807) is 55.8 Å². The maximum absolute atomic E-state index is 13.6. The smallest absolute Gasteiger partial charge is 0.387 e. The van der Waals surface area contributed by atoms with Crippen molar-refractivity contribution in [1.29, 1.82) is 0 Å². The third kappa shape index (κ3) is 8.82. The van der Waals surface area contributed by atoms with Gasteiger partial charge in [-0.2, -0.15) is 19.0 Å². The molecule has 3 aromatic heterocycles. The van der Waals surface area contributed by atoms with Crippen LogP contribution in [0.4, 0.5) is 14.5 Å². The van der Waals surface area contributed by atoms with E-state index in [0.29, 0.717) is 48.5 Å². The van der Waals surface area contributed by atoms with Gasteiger partial charge >= 0.3 is 6.61 Å². The maximum Gasteiger partial charge on any atom is 0.387 e. The van der Waals surface area contributed by atoms with E-state index in [0.717, 1.165) is 43.9 Å². The number of amides is 2. The molecule has 2 aliphatic heterocycles. The standard InChI is InChI=1S/C35H46F2N10O4S/c1-23-18-43(21-30(48)42(2)3)14-15-45(23)19-24-8-12-44(13-9-24)31(49)22-46-20-28(40-34(50)27-17-39-47-11-5-10-38-33(27)47)32(41-46)26-16-25(52-4)6-7-29(26)51-35(36)37/h5-7,10-11,16-17,20,23-24,34-35,40,50H,8-9,12-15,18-19,21-22H2,1-4H3/t23-,34?/m0/s1. The first-order chi connectivity index (χ1) is 25.0. The molecule has 2 atom stereocenters. The van der Waals surface area contributed by atoms with Crippen LogP contribution >= 0.6 is 11.8 Å². The quantitative estimate of drug-likeness (QED) is 0.154. The number of likely N-dealkylation sites (N-methyl/N-ethyl adjacent to an activating group) is 1. The molecule has 2 N–H and O–H groups in total. The third-order valence-electron chi connectivity index (χ3n) is 9.78. The van der Waals surface area contributed by atoms with Crippen molar-refractivity contribution in [2.45, 2.75) is 50.1 Å². The van der Waals surface area contributed by atoms with E-state index in [2.05, 4.69) is 37.2 Å². The van der Waals surface area contributed by atoms with Crippen LogP contribution in [0.2, 0.25) is 0 Å². The summed E-state index contributed by atoms with van der Waals surface area (Å²) >= 11 is 1.43. The van der Waals surface area contributed by atoms with Gasteiger partial charge in [-0.1, -0.05) is 0 Å². The van der Waals surface area contributed by atoms with Gasteiger partial charge < -0.3 is 25.0 Å². The van der Waals surface area contributed by atoms with Crippen molar-refractivity contribution in [2.24, 2.45) is 5.92 Å². The molecule has 1 aromatic carbocycles. The van der Waals surface area contributed by atoms with Crippen LogP contribution in [-0.2, 0) is 16.1 Å². The highest BCUT2D eigenvalue weighted by atomic mass is 32.2. The highest BCUT2D eigenvalue weighted by Gasteiger charge is 2.30. The van der Waals surface area contributed by atoms with Crippen molar-refractivity contribution >= 4 is 34.9 Å². The van der Waals surface area contributed by atoms with Gasteiger partial charge in [0, 0.05) is 88.5 Å². The van der Waals surface area contributed by atoms with Crippen LogP contribution in [0, 0.1) is 5.92 Å². The van der Waals surface area contributed by atoms with E-state index in [1.807, 2.05) is 11.2 Å². The predicted molar refractivity (Wildman–Crippen MR) is 193 cm³/mol. The molecular weight excluding hydrogens is 695 g/mol. The lowest BCUT2D eigenvalue weighted by atomic mass is 9.95. The molecule has 280 valence electrons. The minimum atomic E-state index is -3.07. The number of carbonyl (C=O) groups is 2. The summed E-state index contributed by atoms with van der Waals surface area (Å²) in [6.07, 6.45) is 8.72. The maximum atomic E-state index is 13.6. The van der Waals surface area contributed by atoms with Crippen LogP contribution in [0.1, 0.15) is 31.6 Å². The Kier molecular flexibility index (Phi) is 11.9. The van der Waals surface area contributed by atoms with Gasteiger partial charge in [-0.05, 0) is 56.2 Å². The highest BCUT2D eigenvalue weighted by Crippen LogP contribution is 2.38. The molecule has 2 amide bonds. The number of thioether (sulfide) groups is 1. The number of hydrogen-bond acceptors (Lipinski definition) is 11. The van der Waals surface area contributed by atoms with Crippen LogP contribution < -0.4 is 10.1 Å². The fraction of sp³-hybridized carbons (Fsp3) is 0.514. The lowest BCUT2D eigenvalue weighted by Gasteiger charge is -2.42. The number of rotatable bonds is 13. The molecule has 0 aliphatic carbocycles. The van der Waals surface area contributed by atoms with E-state index in [9.17, 15) is 23.5 Å². The second-order valence-electron chi connectivity index (χ2n) is 13.6. The number of likely N-dealkylation sites (tertiary alicyclic amines) is 1. The monoisotopic (exact) mass is 740 g/mol. The van der Waals surface area contributed by atoms with Crippen LogP contribution in [0.5, 0.6) is 5.75 Å². The Morgan fingerprint density at radius 1 is 1.15 bits per heavy atom. The molecule has 0 radical (unpaired) electrons. The first-order valence-electron chi connectivity index (χ1n) is 17.4. The molecule has 2 aliphatic rings. The number of benzene rings is 1. The molecule has 1 unspecified atom stereocenters. The van der Waals surface area contributed by atoms with E-state index in [-0.39, 0.29) is 35.4 Å². The summed E-state index contributed by atoms with van der Waals surface area (Å²) in [4.78, 5) is 39.1. The zero-order valence-corrected chi connectivity index (χ0v) is 30.7. The van der Waals surface area contributed by atoms with Crippen molar-refractivity contribution in [3.8, 4) is 17.0 Å². The summed E-state index contributed by atoms with van der Waals surface area (Å²) in [5.41, 5.74) is 1.67. The number of alkyl halides is 2. The number of piperazine rings is 1. The van der Waals surface area contributed by atoms with Crippen LogP contribution in [-0.4, -0.2) is 140 Å². The number of carbonyl (C=O) groups excluding carboxylic acids is 2. The van der Waals surface area contributed by atoms with Gasteiger partial charge in [-0.25, -0.2) is 9.50 Å². The number of hydrogen-bond donors (Lipinski definition) is 2. The molecule has 0 spiro atoms. The minimum absolute atomic E-state index is 0.0777. The lowest BCUT2D eigenvalue weighted by molar-refractivity contribution is -0.134. The van der Waals surface area contributed by atoms with E-state index in [4.69, 9.17) is 4.74 Å². The van der Waals surface area contributed by atoms with Gasteiger partial charge in [0.1, 0.15) is 18.0 Å². The average molecular weight is 741 g/mol. The van der Waals surface area contributed by atoms with Crippen molar-refractivity contribution in [3.63, 3.8) is 0 Å². The number of halogens is 2. The Bertz CT molecular complexity index is 1850.